The Morgan fingerprint density at radius 2 is 2.04 bits per heavy atom. The second-order valence-electron chi connectivity index (χ2n) is 8.32. The first-order valence-electron chi connectivity index (χ1n) is 10.2. The van der Waals surface area contributed by atoms with Crippen molar-refractivity contribution in [2.45, 2.75) is 30.9 Å². The highest BCUT2D eigenvalue weighted by Gasteiger charge is 2.44. The van der Waals surface area contributed by atoms with Gasteiger partial charge in [0.25, 0.3) is 6.02 Å². The predicted octanol–water partition coefficient (Wildman–Crippen LogP) is 3.62. The molecule has 0 bridgehead atoms. The molecule has 1 spiro atoms. The van der Waals surface area contributed by atoms with E-state index in [1.165, 1.54) is 17.2 Å². The average Bonchev–Trinajstić information content (AvgIpc) is 3.09. The molecule has 4 nitrogen and oxygen atoms in total. The molecule has 2 atom stereocenters. The van der Waals surface area contributed by atoms with Crippen LogP contribution in [-0.2, 0) is 11.2 Å². The lowest BCUT2D eigenvalue weighted by molar-refractivity contribution is 0.000259. The van der Waals surface area contributed by atoms with Gasteiger partial charge in [-0.2, -0.15) is 0 Å². The van der Waals surface area contributed by atoms with E-state index in [-0.39, 0.29) is 17.5 Å². The van der Waals surface area contributed by atoms with Crippen molar-refractivity contribution in [3.8, 4) is 0 Å². The molecule has 5 heteroatoms. The predicted molar refractivity (Wildman–Crippen MR) is 108 cm³/mol. The molecule has 0 amide bonds. The van der Waals surface area contributed by atoms with E-state index < -0.39 is 0 Å². The molecule has 0 aliphatic carbocycles. The summed E-state index contributed by atoms with van der Waals surface area (Å²) >= 11 is 0. The number of benzene rings is 2. The maximum atomic E-state index is 14.0. The number of rotatable bonds is 1. The highest BCUT2D eigenvalue weighted by Crippen LogP contribution is 2.38. The summed E-state index contributed by atoms with van der Waals surface area (Å²) in [6.07, 6.45) is 3.12. The van der Waals surface area contributed by atoms with Crippen LogP contribution in [0.1, 0.15) is 35.6 Å². The fourth-order valence-electron chi connectivity index (χ4n) is 4.96. The van der Waals surface area contributed by atoms with E-state index in [9.17, 15) is 4.39 Å². The van der Waals surface area contributed by atoms with E-state index in [1.54, 1.807) is 12.1 Å². The first-order chi connectivity index (χ1) is 13.6. The van der Waals surface area contributed by atoms with Crippen molar-refractivity contribution in [2.24, 2.45) is 4.99 Å². The summed E-state index contributed by atoms with van der Waals surface area (Å²) in [5.41, 5.74) is 3.28. The molecule has 1 fully saturated rings. The number of amidine groups is 1. The lowest BCUT2D eigenvalue weighted by Gasteiger charge is -2.41. The molecule has 3 aliphatic heterocycles. The van der Waals surface area contributed by atoms with Gasteiger partial charge < -0.3 is 14.5 Å². The fourth-order valence-corrected chi connectivity index (χ4v) is 4.96. The second-order valence-corrected chi connectivity index (χ2v) is 8.32. The molecule has 0 N–H and O–H groups in total. The molecule has 3 aliphatic rings. The number of fused-ring (bicyclic) bond motifs is 1. The van der Waals surface area contributed by atoms with Crippen LogP contribution in [-0.4, -0.2) is 54.6 Å². The lowest BCUT2D eigenvalue weighted by atomic mass is 9.88. The third kappa shape index (κ3) is 3.08. The van der Waals surface area contributed by atoms with Crippen LogP contribution in [0.5, 0.6) is 0 Å². The van der Waals surface area contributed by atoms with Crippen LogP contribution in [0, 0.1) is 5.82 Å². The summed E-state index contributed by atoms with van der Waals surface area (Å²) in [4.78, 5) is 9.41. The quantitative estimate of drug-likeness (QED) is 0.758. The summed E-state index contributed by atoms with van der Waals surface area (Å²) in [5, 5.41) is 0. The minimum Gasteiger partial charge on any atom is -0.455 e. The van der Waals surface area contributed by atoms with E-state index in [0.29, 0.717) is 6.54 Å². The number of piperidine rings is 1. The zero-order chi connectivity index (χ0) is 19.1. The van der Waals surface area contributed by atoms with Crippen molar-refractivity contribution < 1.29 is 9.13 Å². The van der Waals surface area contributed by atoms with Crippen LogP contribution < -0.4 is 0 Å². The van der Waals surface area contributed by atoms with Gasteiger partial charge in [-0.3, -0.25) is 0 Å². The Morgan fingerprint density at radius 1 is 1.14 bits per heavy atom. The van der Waals surface area contributed by atoms with Gasteiger partial charge >= 0.3 is 0 Å². The van der Waals surface area contributed by atoms with Crippen molar-refractivity contribution in [3.05, 3.63) is 71.0 Å². The van der Waals surface area contributed by atoms with Crippen molar-refractivity contribution in [2.75, 3.05) is 33.2 Å². The van der Waals surface area contributed by atoms with Gasteiger partial charge in [-0.15, -0.1) is 0 Å². The van der Waals surface area contributed by atoms with Crippen molar-refractivity contribution in [1.29, 1.82) is 0 Å². The average molecular weight is 379 g/mol. The van der Waals surface area contributed by atoms with E-state index in [1.807, 2.05) is 6.07 Å². The standard InChI is InChI=1S/C23H26FN3O/c1-26-12-5-11-23(16-26)15-25-22(28-23)27-13-10-17-6-2-3-9-20(17)21(27)18-7-4-8-19(24)14-18/h2-4,6-9,14,21H,5,10-13,15-16H2,1H3/t21-,23-/m0/s1. The summed E-state index contributed by atoms with van der Waals surface area (Å²) in [6, 6.07) is 16.0. The van der Waals surface area contributed by atoms with Gasteiger partial charge in [0, 0.05) is 13.1 Å². The lowest BCUT2D eigenvalue weighted by Crippen LogP contribution is -2.51. The van der Waals surface area contributed by atoms with Crippen LogP contribution in [0.25, 0.3) is 0 Å². The van der Waals surface area contributed by atoms with E-state index in [0.717, 1.165) is 50.5 Å². The summed E-state index contributed by atoms with van der Waals surface area (Å²) in [7, 11) is 2.15. The number of hydrogen-bond donors (Lipinski definition) is 0. The molecule has 0 saturated carbocycles. The van der Waals surface area contributed by atoms with Gasteiger partial charge in [-0.25, -0.2) is 9.38 Å². The first-order valence-corrected chi connectivity index (χ1v) is 10.2. The van der Waals surface area contributed by atoms with Crippen LogP contribution >= 0.6 is 0 Å². The molecule has 0 radical (unpaired) electrons. The van der Waals surface area contributed by atoms with Gasteiger partial charge in [0.1, 0.15) is 11.4 Å². The Bertz CT molecular complexity index is 914. The number of hydrogen-bond acceptors (Lipinski definition) is 4. The summed E-state index contributed by atoms with van der Waals surface area (Å²) < 4.78 is 20.6. The Morgan fingerprint density at radius 3 is 2.89 bits per heavy atom. The number of nitrogens with zero attached hydrogens (tertiary/aromatic N) is 3. The minimum atomic E-state index is -0.208. The highest BCUT2D eigenvalue weighted by molar-refractivity contribution is 5.78. The second kappa shape index (κ2) is 6.89. The minimum absolute atomic E-state index is 0.0733. The van der Waals surface area contributed by atoms with Gasteiger partial charge in [0.2, 0.25) is 0 Å². The maximum absolute atomic E-state index is 14.0. The Labute approximate surface area is 165 Å². The van der Waals surface area contributed by atoms with Gasteiger partial charge in [-0.1, -0.05) is 36.4 Å². The fraction of sp³-hybridized carbons (Fsp3) is 0.435. The molecule has 2 aromatic carbocycles. The molecular weight excluding hydrogens is 353 g/mol. The molecule has 0 unspecified atom stereocenters. The highest BCUT2D eigenvalue weighted by atomic mass is 19.1. The maximum Gasteiger partial charge on any atom is 0.288 e. The summed E-state index contributed by atoms with van der Waals surface area (Å²) in [6.45, 7) is 3.56. The van der Waals surface area contributed by atoms with E-state index in [2.05, 4.69) is 41.1 Å². The molecule has 5 rings (SSSR count). The Kier molecular flexibility index (Phi) is 4.35. The van der Waals surface area contributed by atoms with E-state index >= 15 is 0 Å². The number of ether oxygens (including phenoxy) is 1. The zero-order valence-corrected chi connectivity index (χ0v) is 16.3. The normalized spacial score (nSPS) is 27.4. The zero-order valence-electron chi connectivity index (χ0n) is 16.3. The molecule has 3 heterocycles. The third-order valence-electron chi connectivity index (χ3n) is 6.23. The molecule has 0 aromatic heterocycles. The topological polar surface area (TPSA) is 28.1 Å². The van der Waals surface area contributed by atoms with E-state index in [4.69, 9.17) is 9.73 Å². The van der Waals surface area contributed by atoms with Crippen LogP contribution in [0.4, 0.5) is 4.39 Å². The molecule has 2 aromatic rings. The Hall–Kier alpha value is -2.40. The van der Waals surface area contributed by atoms with Crippen molar-refractivity contribution in [3.63, 3.8) is 0 Å². The van der Waals surface area contributed by atoms with Gasteiger partial charge in [0.05, 0.1) is 12.6 Å². The third-order valence-corrected chi connectivity index (χ3v) is 6.23. The largest absolute Gasteiger partial charge is 0.455 e. The van der Waals surface area contributed by atoms with Crippen molar-refractivity contribution in [1.82, 2.24) is 9.80 Å². The van der Waals surface area contributed by atoms with Crippen molar-refractivity contribution >= 4 is 6.02 Å². The van der Waals surface area contributed by atoms with Crippen LogP contribution in [0.15, 0.2) is 53.5 Å². The van der Waals surface area contributed by atoms with Gasteiger partial charge in [0.15, 0.2) is 0 Å². The molecule has 28 heavy (non-hydrogen) atoms. The number of aliphatic imine (C=N–C) groups is 1. The monoisotopic (exact) mass is 379 g/mol. The number of likely N-dealkylation sites (tertiary alicyclic amines) is 1. The molecule has 1 saturated heterocycles. The first kappa shape index (κ1) is 17.7. The Balaban J connectivity index is 1.50. The SMILES string of the molecule is CN1CCC[C@]2(CN=C(N3CCc4ccccc4[C@@H]3c3cccc(F)c3)O2)C1. The van der Waals surface area contributed by atoms with Gasteiger partial charge in [-0.05, 0) is 61.7 Å². The van der Waals surface area contributed by atoms with Crippen LogP contribution in [0.3, 0.4) is 0 Å². The number of halogens is 1. The summed E-state index contributed by atoms with van der Waals surface area (Å²) in [5.74, 6) is -0.208. The number of likely N-dealkylation sites (N-methyl/N-ethyl adjacent to an activating group) is 1. The molecular formula is C23H26FN3O. The van der Waals surface area contributed by atoms with Crippen LogP contribution in [0.2, 0.25) is 0 Å². The smallest absolute Gasteiger partial charge is 0.288 e. The molecule has 146 valence electrons.